The Balaban J connectivity index is 2.08. The Morgan fingerprint density at radius 1 is 1.42 bits per heavy atom. The van der Waals surface area contributed by atoms with E-state index in [1.54, 1.807) is 31.3 Å². The molecule has 0 saturated heterocycles. The number of halogens is 1. The van der Waals surface area contributed by atoms with Crippen LogP contribution < -0.4 is 11.2 Å². The predicted molar refractivity (Wildman–Crippen MR) is 79.0 cm³/mol. The van der Waals surface area contributed by atoms with Crippen LogP contribution in [-0.4, -0.2) is 16.6 Å². The highest BCUT2D eigenvalue weighted by Crippen LogP contribution is 2.10. The minimum Gasteiger partial charge on any atom is -0.399 e. The zero-order valence-corrected chi connectivity index (χ0v) is 11.9. The molecule has 4 N–H and O–H groups in total. The first kappa shape index (κ1) is 13.4. The Kier molecular flexibility index (Phi) is 4.01. The molecule has 0 spiro atoms. The van der Waals surface area contributed by atoms with Gasteiger partial charge in [-0.05, 0) is 46.6 Å². The van der Waals surface area contributed by atoms with Crippen LogP contribution in [0.4, 0.5) is 5.69 Å². The predicted octanol–water partition coefficient (Wildman–Crippen LogP) is 2.51. The van der Waals surface area contributed by atoms with Crippen LogP contribution >= 0.6 is 15.9 Å². The Morgan fingerprint density at radius 3 is 2.84 bits per heavy atom. The summed E-state index contributed by atoms with van der Waals surface area (Å²) in [6.45, 7) is 1.81. The van der Waals surface area contributed by atoms with Crippen molar-refractivity contribution in [3.63, 3.8) is 0 Å². The molecule has 19 heavy (non-hydrogen) atoms. The average molecular weight is 321 g/mol. The maximum absolute atomic E-state index is 11.8. The van der Waals surface area contributed by atoms with Gasteiger partial charge in [-0.15, -0.1) is 0 Å². The van der Waals surface area contributed by atoms with Gasteiger partial charge in [0.2, 0.25) is 0 Å². The smallest absolute Gasteiger partial charge is 0.287 e. The number of aromatic nitrogens is 1. The highest BCUT2D eigenvalue weighted by Gasteiger charge is 2.07. The molecule has 0 aliphatic carbocycles. The Morgan fingerprint density at radius 2 is 2.21 bits per heavy atom. The number of amides is 1. The summed E-state index contributed by atoms with van der Waals surface area (Å²) in [6, 6.07) is 9.00. The quantitative estimate of drug-likeness (QED) is 0.461. The normalized spacial score (nSPS) is 11.4. The fourth-order valence-corrected chi connectivity index (χ4v) is 1.87. The van der Waals surface area contributed by atoms with Gasteiger partial charge in [-0.1, -0.05) is 12.1 Å². The van der Waals surface area contributed by atoms with Gasteiger partial charge in [-0.2, -0.15) is 5.10 Å². The summed E-state index contributed by atoms with van der Waals surface area (Å²) in [5.74, 6) is -0.297. The van der Waals surface area contributed by atoms with E-state index in [0.717, 1.165) is 10.0 Å². The van der Waals surface area contributed by atoms with Crippen molar-refractivity contribution in [3.05, 3.63) is 52.3 Å². The Labute approximate surface area is 119 Å². The average Bonchev–Trinajstić information content (AvgIpc) is 2.82. The summed E-state index contributed by atoms with van der Waals surface area (Å²) >= 11 is 3.26. The number of nitrogens with two attached hydrogens (primary N) is 1. The molecule has 0 fully saturated rings. The topological polar surface area (TPSA) is 83.3 Å². The summed E-state index contributed by atoms with van der Waals surface area (Å²) < 4.78 is 0.814. The van der Waals surface area contributed by atoms with E-state index in [2.05, 4.69) is 31.4 Å². The van der Waals surface area contributed by atoms with Crippen molar-refractivity contribution in [1.29, 1.82) is 0 Å². The molecular weight excluding hydrogens is 308 g/mol. The molecule has 0 aliphatic rings. The van der Waals surface area contributed by atoms with E-state index in [4.69, 9.17) is 5.73 Å². The van der Waals surface area contributed by atoms with E-state index in [9.17, 15) is 4.79 Å². The molecule has 1 amide bonds. The van der Waals surface area contributed by atoms with Crippen molar-refractivity contribution >= 4 is 33.2 Å². The molecular formula is C13H13BrN4O. The lowest BCUT2D eigenvalue weighted by Gasteiger charge is -2.02. The summed E-state index contributed by atoms with van der Waals surface area (Å²) in [5, 5.41) is 4.05. The lowest BCUT2D eigenvalue weighted by atomic mass is 10.1. The molecule has 6 heteroatoms. The zero-order valence-electron chi connectivity index (χ0n) is 10.3. The molecule has 0 atom stereocenters. The minimum absolute atomic E-state index is 0.297. The molecule has 1 aromatic carbocycles. The van der Waals surface area contributed by atoms with Gasteiger partial charge in [-0.3, -0.25) is 4.79 Å². The van der Waals surface area contributed by atoms with Gasteiger partial charge in [-0.25, -0.2) is 5.43 Å². The summed E-state index contributed by atoms with van der Waals surface area (Å²) in [6.07, 6.45) is 1.68. The van der Waals surface area contributed by atoms with E-state index in [0.29, 0.717) is 17.1 Å². The molecule has 2 aromatic rings. The number of nitrogens with one attached hydrogen (secondary N) is 2. The molecule has 0 radical (unpaired) electrons. The first-order chi connectivity index (χ1) is 9.06. The van der Waals surface area contributed by atoms with Crippen molar-refractivity contribution in [2.45, 2.75) is 6.92 Å². The van der Waals surface area contributed by atoms with Crippen LogP contribution in [0.15, 0.2) is 46.1 Å². The zero-order chi connectivity index (χ0) is 13.8. The second kappa shape index (κ2) is 5.71. The van der Waals surface area contributed by atoms with Crippen LogP contribution in [0, 0.1) is 0 Å². The second-order valence-electron chi connectivity index (χ2n) is 4.00. The Hall–Kier alpha value is -2.08. The van der Waals surface area contributed by atoms with Crippen molar-refractivity contribution in [1.82, 2.24) is 10.4 Å². The van der Waals surface area contributed by atoms with E-state index in [-0.39, 0.29) is 5.91 Å². The molecule has 0 aliphatic heterocycles. The van der Waals surface area contributed by atoms with Crippen molar-refractivity contribution in [2.75, 3.05) is 5.73 Å². The van der Waals surface area contributed by atoms with Gasteiger partial charge in [0.15, 0.2) is 0 Å². The van der Waals surface area contributed by atoms with Crippen LogP contribution in [0.3, 0.4) is 0 Å². The van der Waals surface area contributed by atoms with Crippen molar-refractivity contribution in [3.8, 4) is 0 Å². The van der Waals surface area contributed by atoms with Crippen LogP contribution in [0.2, 0.25) is 0 Å². The number of carbonyl (C=O) groups excluding carboxylic acids is 1. The third-order valence-electron chi connectivity index (χ3n) is 2.52. The van der Waals surface area contributed by atoms with Crippen LogP contribution in [0.1, 0.15) is 23.0 Å². The highest BCUT2D eigenvalue weighted by atomic mass is 79.9. The van der Waals surface area contributed by atoms with Crippen molar-refractivity contribution in [2.24, 2.45) is 5.10 Å². The number of nitrogen functional groups attached to an aromatic ring is 1. The van der Waals surface area contributed by atoms with E-state index in [1.165, 1.54) is 0 Å². The number of hydrogen-bond acceptors (Lipinski definition) is 3. The molecule has 0 saturated carbocycles. The van der Waals surface area contributed by atoms with Gasteiger partial charge < -0.3 is 10.7 Å². The van der Waals surface area contributed by atoms with Crippen LogP contribution in [-0.2, 0) is 0 Å². The fraction of sp³-hybridized carbons (Fsp3) is 0.0769. The molecule has 1 heterocycles. The number of carbonyl (C=O) groups is 1. The summed E-state index contributed by atoms with van der Waals surface area (Å²) in [5.41, 5.74) is 10.8. The molecule has 0 unspecified atom stereocenters. The highest BCUT2D eigenvalue weighted by molar-refractivity contribution is 9.10. The number of hydrogen-bond donors (Lipinski definition) is 3. The van der Waals surface area contributed by atoms with Gasteiger partial charge in [0.1, 0.15) is 5.69 Å². The van der Waals surface area contributed by atoms with Gasteiger partial charge >= 0.3 is 0 Å². The Bertz CT molecular complexity index is 633. The monoisotopic (exact) mass is 320 g/mol. The number of hydrazone groups is 1. The fourth-order valence-electron chi connectivity index (χ4n) is 1.52. The van der Waals surface area contributed by atoms with E-state index >= 15 is 0 Å². The standard InChI is InChI=1S/C13H13BrN4O/c1-8(9-3-2-4-11(15)5-9)17-18-13(19)12-6-10(14)7-16-12/h2-7,16H,15H2,1H3,(H,18,19)/b17-8-. The summed E-state index contributed by atoms with van der Waals surface area (Å²) in [4.78, 5) is 14.6. The third kappa shape index (κ3) is 3.45. The number of benzene rings is 1. The van der Waals surface area contributed by atoms with E-state index < -0.39 is 0 Å². The molecule has 5 nitrogen and oxygen atoms in total. The van der Waals surface area contributed by atoms with Gasteiger partial charge in [0, 0.05) is 16.4 Å². The lowest BCUT2D eigenvalue weighted by Crippen LogP contribution is -2.19. The number of aromatic amines is 1. The summed E-state index contributed by atoms with van der Waals surface area (Å²) in [7, 11) is 0. The minimum atomic E-state index is -0.297. The van der Waals surface area contributed by atoms with Gasteiger partial charge in [0.25, 0.3) is 5.91 Å². The van der Waals surface area contributed by atoms with Crippen molar-refractivity contribution < 1.29 is 4.79 Å². The maximum Gasteiger partial charge on any atom is 0.287 e. The maximum atomic E-state index is 11.8. The molecule has 1 aromatic heterocycles. The van der Waals surface area contributed by atoms with Crippen LogP contribution in [0.25, 0.3) is 0 Å². The molecule has 98 valence electrons. The van der Waals surface area contributed by atoms with Gasteiger partial charge in [0.05, 0.1) is 5.71 Å². The molecule has 2 rings (SSSR count). The first-order valence-corrected chi connectivity index (χ1v) is 6.40. The number of anilines is 1. The SMILES string of the molecule is C/C(=N/NC(=O)c1cc(Br)c[nH]1)c1cccc(N)c1. The van der Waals surface area contributed by atoms with Crippen LogP contribution in [0.5, 0.6) is 0 Å². The lowest BCUT2D eigenvalue weighted by molar-refractivity contribution is 0.0950. The third-order valence-corrected chi connectivity index (χ3v) is 2.98. The number of rotatable bonds is 3. The number of nitrogens with zero attached hydrogens (tertiary/aromatic N) is 1. The first-order valence-electron chi connectivity index (χ1n) is 5.61. The van der Waals surface area contributed by atoms with E-state index in [1.807, 2.05) is 12.1 Å². The second-order valence-corrected chi connectivity index (χ2v) is 4.91. The largest absolute Gasteiger partial charge is 0.399 e. The number of H-pyrrole nitrogens is 1. The molecule has 0 bridgehead atoms.